The van der Waals surface area contributed by atoms with Gasteiger partial charge in [-0.3, -0.25) is 0 Å². The van der Waals surface area contributed by atoms with Gasteiger partial charge >= 0.3 is 5.97 Å². The lowest BCUT2D eigenvalue weighted by Gasteiger charge is -2.11. The third-order valence-electron chi connectivity index (χ3n) is 4.80. The molecular formula is C24H19N3O5. The minimum absolute atomic E-state index is 0.00602. The number of nitrogens with zero attached hydrogens (tertiary/aromatic N) is 3. The highest BCUT2D eigenvalue weighted by atomic mass is 16.5. The molecule has 1 aromatic heterocycles. The fraction of sp³-hybridized carbons (Fsp3) is 0.0833. The van der Waals surface area contributed by atoms with Gasteiger partial charge < -0.3 is 19.7 Å². The van der Waals surface area contributed by atoms with Gasteiger partial charge in [0, 0.05) is 5.56 Å². The highest BCUT2D eigenvalue weighted by Gasteiger charge is 2.18. The molecule has 8 heteroatoms. The van der Waals surface area contributed by atoms with E-state index in [0.29, 0.717) is 28.1 Å². The van der Waals surface area contributed by atoms with Crippen molar-refractivity contribution in [3.63, 3.8) is 0 Å². The van der Waals surface area contributed by atoms with Gasteiger partial charge in [0.15, 0.2) is 29.0 Å². The second kappa shape index (κ2) is 8.73. The van der Waals surface area contributed by atoms with Crippen molar-refractivity contribution in [3.8, 4) is 51.4 Å². The van der Waals surface area contributed by atoms with Gasteiger partial charge in [0.05, 0.1) is 30.9 Å². The number of methoxy groups -OCH3 is 2. The Labute approximate surface area is 183 Å². The zero-order chi connectivity index (χ0) is 22.7. The monoisotopic (exact) mass is 429 g/mol. The molecule has 0 saturated carbocycles. The van der Waals surface area contributed by atoms with E-state index in [4.69, 9.17) is 9.47 Å². The summed E-state index contributed by atoms with van der Waals surface area (Å²) >= 11 is 0. The van der Waals surface area contributed by atoms with Crippen LogP contribution in [0.3, 0.4) is 0 Å². The van der Waals surface area contributed by atoms with E-state index in [1.165, 1.54) is 20.3 Å². The first-order valence-corrected chi connectivity index (χ1v) is 9.61. The minimum atomic E-state index is -0.455. The van der Waals surface area contributed by atoms with Crippen LogP contribution >= 0.6 is 0 Å². The summed E-state index contributed by atoms with van der Waals surface area (Å²) in [7, 11) is 2.77. The van der Waals surface area contributed by atoms with Crippen molar-refractivity contribution in [3.05, 3.63) is 72.3 Å². The Balaban J connectivity index is 1.91. The third kappa shape index (κ3) is 3.93. The predicted molar refractivity (Wildman–Crippen MR) is 117 cm³/mol. The number of aromatic hydroxyl groups is 2. The van der Waals surface area contributed by atoms with Crippen LogP contribution in [-0.2, 0) is 4.74 Å². The van der Waals surface area contributed by atoms with Gasteiger partial charge in [-0.05, 0) is 36.4 Å². The summed E-state index contributed by atoms with van der Waals surface area (Å²) in [6.07, 6.45) is 0. The molecule has 0 fully saturated rings. The van der Waals surface area contributed by atoms with E-state index in [1.54, 1.807) is 60.7 Å². The quantitative estimate of drug-likeness (QED) is 0.456. The first-order valence-electron chi connectivity index (χ1n) is 9.61. The number of para-hydroxylation sites is 2. The molecule has 160 valence electrons. The highest BCUT2D eigenvalue weighted by molar-refractivity contribution is 5.89. The number of phenolic OH excluding ortho intramolecular Hbond substituents is 2. The summed E-state index contributed by atoms with van der Waals surface area (Å²) in [5, 5.41) is 20.9. The Kier molecular flexibility index (Phi) is 5.67. The number of rotatable bonds is 5. The molecule has 0 unspecified atom stereocenters. The van der Waals surface area contributed by atoms with Crippen molar-refractivity contribution in [2.75, 3.05) is 14.2 Å². The molecule has 0 aliphatic heterocycles. The normalized spacial score (nSPS) is 10.6. The van der Waals surface area contributed by atoms with Crippen molar-refractivity contribution < 1.29 is 24.5 Å². The molecule has 0 spiro atoms. The Morgan fingerprint density at radius 1 is 0.750 bits per heavy atom. The predicted octanol–water partition coefficient (Wildman–Crippen LogP) is 4.08. The molecule has 0 aliphatic carbocycles. The van der Waals surface area contributed by atoms with E-state index in [0.717, 1.165) is 0 Å². The van der Waals surface area contributed by atoms with Crippen LogP contribution in [0.2, 0.25) is 0 Å². The first-order chi connectivity index (χ1) is 15.5. The number of benzene rings is 3. The average Bonchev–Trinajstić information content (AvgIpc) is 2.83. The number of aromatic nitrogens is 3. The number of ether oxygens (including phenoxy) is 2. The van der Waals surface area contributed by atoms with Gasteiger partial charge in [0.2, 0.25) is 0 Å². The maximum atomic E-state index is 11.7. The van der Waals surface area contributed by atoms with E-state index in [9.17, 15) is 15.0 Å². The standard InChI is InChI=1S/C24H19N3O5/c1-31-19-9-5-7-17(20(19)29)23-26-21(14-10-12-15(13-11-14)24(30)32-2)25-22(27-23)16-6-3-4-8-18(16)28/h3-13,28-29H,1-2H3. The lowest BCUT2D eigenvalue weighted by molar-refractivity contribution is 0.0600. The lowest BCUT2D eigenvalue weighted by Crippen LogP contribution is -2.02. The van der Waals surface area contributed by atoms with Crippen LogP contribution in [0.5, 0.6) is 17.2 Å². The number of hydrogen-bond acceptors (Lipinski definition) is 8. The van der Waals surface area contributed by atoms with Gasteiger partial charge in [-0.2, -0.15) is 0 Å². The summed E-state index contributed by atoms with van der Waals surface area (Å²) < 4.78 is 9.93. The number of esters is 1. The van der Waals surface area contributed by atoms with Crippen LogP contribution in [0, 0.1) is 0 Å². The molecular weight excluding hydrogens is 410 g/mol. The summed E-state index contributed by atoms with van der Waals surface area (Å²) in [5.41, 5.74) is 1.75. The summed E-state index contributed by atoms with van der Waals surface area (Å²) in [5.74, 6) is 0.430. The molecule has 32 heavy (non-hydrogen) atoms. The maximum absolute atomic E-state index is 11.7. The molecule has 8 nitrogen and oxygen atoms in total. The van der Waals surface area contributed by atoms with Gasteiger partial charge in [-0.1, -0.05) is 30.3 Å². The van der Waals surface area contributed by atoms with E-state index in [2.05, 4.69) is 15.0 Å². The largest absolute Gasteiger partial charge is 0.507 e. The van der Waals surface area contributed by atoms with Crippen molar-refractivity contribution in [2.24, 2.45) is 0 Å². The number of phenols is 2. The van der Waals surface area contributed by atoms with E-state index < -0.39 is 5.97 Å². The lowest BCUT2D eigenvalue weighted by atomic mass is 10.1. The maximum Gasteiger partial charge on any atom is 0.337 e. The van der Waals surface area contributed by atoms with Crippen LogP contribution in [-0.4, -0.2) is 45.4 Å². The highest BCUT2D eigenvalue weighted by Crippen LogP contribution is 2.37. The zero-order valence-corrected chi connectivity index (χ0v) is 17.3. The van der Waals surface area contributed by atoms with E-state index >= 15 is 0 Å². The molecule has 4 aromatic rings. The Bertz CT molecular complexity index is 1290. The molecule has 0 saturated heterocycles. The zero-order valence-electron chi connectivity index (χ0n) is 17.3. The van der Waals surface area contributed by atoms with Gasteiger partial charge in [-0.15, -0.1) is 0 Å². The first kappa shape index (κ1) is 20.8. The second-order valence-electron chi connectivity index (χ2n) is 6.75. The molecule has 0 aliphatic rings. The summed E-state index contributed by atoms with van der Waals surface area (Å²) in [6.45, 7) is 0. The molecule has 3 aromatic carbocycles. The van der Waals surface area contributed by atoms with Crippen LogP contribution in [0.15, 0.2) is 66.7 Å². The molecule has 1 heterocycles. The van der Waals surface area contributed by atoms with Gasteiger partial charge in [0.1, 0.15) is 5.75 Å². The molecule has 0 atom stereocenters. The Hall–Kier alpha value is -4.46. The van der Waals surface area contributed by atoms with E-state index in [1.807, 2.05) is 0 Å². The van der Waals surface area contributed by atoms with Crippen LogP contribution in [0.1, 0.15) is 10.4 Å². The van der Waals surface area contributed by atoms with Crippen LogP contribution in [0.25, 0.3) is 34.2 Å². The Morgan fingerprint density at radius 2 is 1.38 bits per heavy atom. The Morgan fingerprint density at radius 3 is 2.03 bits per heavy atom. The topological polar surface area (TPSA) is 115 Å². The third-order valence-corrected chi connectivity index (χ3v) is 4.80. The molecule has 4 rings (SSSR count). The van der Waals surface area contributed by atoms with Crippen molar-refractivity contribution in [2.45, 2.75) is 0 Å². The van der Waals surface area contributed by atoms with Crippen LogP contribution < -0.4 is 4.74 Å². The van der Waals surface area contributed by atoms with Crippen molar-refractivity contribution in [1.29, 1.82) is 0 Å². The molecule has 0 amide bonds. The number of carbonyl (C=O) groups is 1. The van der Waals surface area contributed by atoms with Crippen molar-refractivity contribution >= 4 is 5.97 Å². The fourth-order valence-corrected chi connectivity index (χ4v) is 3.15. The minimum Gasteiger partial charge on any atom is -0.507 e. The van der Waals surface area contributed by atoms with Crippen LogP contribution in [0.4, 0.5) is 0 Å². The second-order valence-corrected chi connectivity index (χ2v) is 6.75. The molecule has 2 N–H and O–H groups in total. The SMILES string of the molecule is COC(=O)c1ccc(-c2nc(-c3ccccc3O)nc(-c3cccc(OC)c3O)n2)cc1. The summed E-state index contributed by atoms with van der Waals surface area (Å²) in [6, 6.07) is 18.2. The molecule has 0 radical (unpaired) electrons. The van der Waals surface area contributed by atoms with Crippen molar-refractivity contribution in [1.82, 2.24) is 15.0 Å². The number of carbonyl (C=O) groups excluding carboxylic acids is 1. The smallest absolute Gasteiger partial charge is 0.337 e. The average molecular weight is 429 g/mol. The fourth-order valence-electron chi connectivity index (χ4n) is 3.15. The van der Waals surface area contributed by atoms with Gasteiger partial charge in [0.25, 0.3) is 0 Å². The van der Waals surface area contributed by atoms with E-state index in [-0.39, 0.29) is 28.9 Å². The molecule has 0 bridgehead atoms. The van der Waals surface area contributed by atoms with Gasteiger partial charge in [-0.25, -0.2) is 19.7 Å². The number of hydrogen-bond donors (Lipinski definition) is 2. The summed E-state index contributed by atoms with van der Waals surface area (Å²) in [4.78, 5) is 25.3.